The van der Waals surface area contributed by atoms with Gasteiger partial charge in [-0.15, -0.1) is 12.4 Å². The van der Waals surface area contributed by atoms with E-state index in [1.165, 1.54) is 0 Å². The van der Waals surface area contributed by atoms with Crippen LogP contribution in [0.15, 0.2) is 23.1 Å². The molecule has 0 atom stereocenters. The number of anilines is 1. The normalized spacial score (nSPS) is 19.5. The number of nitrogens with one attached hydrogen (secondary N) is 2. The van der Waals surface area contributed by atoms with Crippen LogP contribution >= 0.6 is 24.2 Å². The van der Waals surface area contributed by atoms with Crippen molar-refractivity contribution in [2.45, 2.75) is 0 Å². The number of benzene rings is 1. The van der Waals surface area contributed by atoms with Crippen LogP contribution < -0.4 is 20.3 Å². The van der Waals surface area contributed by atoms with Crippen molar-refractivity contribution in [2.24, 2.45) is 0 Å². The minimum Gasteiger partial charge on any atom is -0.495 e. The molecule has 124 valence electrons. The highest BCUT2D eigenvalue weighted by Crippen LogP contribution is 2.36. The van der Waals surface area contributed by atoms with Gasteiger partial charge in [0.05, 0.1) is 17.7 Å². The molecule has 6 nitrogen and oxygen atoms in total. The van der Waals surface area contributed by atoms with E-state index in [1.807, 2.05) is 18.2 Å². The predicted molar refractivity (Wildman–Crippen MR) is 94.4 cm³/mol. The highest BCUT2D eigenvalue weighted by Gasteiger charge is 2.26. The summed E-state index contributed by atoms with van der Waals surface area (Å²) in [6.07, 6.45) is 1.75. The molecule has 1 aromatic carbocycles. The maximum Gasteiger partial charge on any atom is 0.290 e. The number of carbonyl (C=O) groups is 2. The second-order valence-corrected chi connectivity index (χ2v) is 6.00. The van der Waals surface area contributed by atoms with Crippen LogP contribution in [0.5, 0.6) is 5.75 Å². The Morgan fingerprint density at radius 1 is 1.26 bits per heavy atom. The highest BCUT2D eigenvalue weighted by atomic mass is 35.5. The van der Waals surface area contributed by atoms with Crippen LogP contribution in [-0.4, -0.2) is 44.4 Å². The number of imide groups is 1. The average molecular weight is 356 g/mol. The van der Waals surface area contributed by atoms with Crippen molar-refractivity contribution in [2.75, 3.05) is 38.2 Å². The number of ether oxygens (including phenoxy) is 1. The zero-order chi connectivity index (χ0) is 15.5. The molecule has 0 aromatic heterocycles. The number of methoxy groups -OCH3 is 1. The molecule has 2 aliphatic heterocycles. The second kappa shape index (κ2) is 7.72. The maximum absolute atomic E-state index is 11.8. The molecule has 2 N–H and O–H groups in total. The van der Waals surface area contributed by atoms with Crippen molar-refractivity contribution < 1.29 is 14.3 Å². The number of thioether (sulfide) groups is 1. The molecule has 0 saturated carbocycles. The van der Waals surface area contributed by atoms with E-state index in [9.17, 15) is 9.59 Å². The average Bonchev–Trinajstić information content (AvgIpc) is 2.85. The van der Waals surface area contributed by atoms with Crippen molar-refractivity contribution in [1.82, 2.24) is 10.6 Å². The van der Waals surface area contributed by atoms with Gasteiger partial charge in [-0.25, -0.2) is 0 Å². The third kappa shape index (κ3) is 3.80. The molecule has 0 unspecified atom stereocenters. The Hall–Kier alpha value is -1.70. The van der Waals surface area contributed by atoms with Crippen LogP contribution in [0, 0.1) is 0 Å². The Kier molecular flexibility index (Phi) is 5.92. The largest absolute Gasteiger partial charge is 0.495 e. The summed E-state index contributed by atoms with van der Waals surface area (Å²) in [6, 6.07) is 5.73. The molecule has 2 fully saturated rings. The lowest BCUT2D eigenvalue weighted by Gasteiger charge is -2.31. The number of piperazine rings is 1. The molecule has 0 aliphatic carbocycles. The number of halogens is 1. The molecule has 2 saturated heterocycles. The molecular weight excluding hydrogens is 338 g/mol. The van der Waals surface area contributed by atoms with Crippen molar-refractivity contribution in [3.63, 3.8) is 0 Å². The number of para-hydroxylation sites is 1. The first-order chi connectivity index (χ1) is 10.7. The summed E-state index contributed by atoms with van der Waals surface area (Å²) in [6.45, 7) is 3.55. The Balaban J connectivity index is 0.00000192. The molecular formula is C15H18ClN3O3S. The van der Waals surface area contributed by atoms with E-state index in [1.54, 1.807) is 13.2 Å². The van der Waals surface area contributed by atoms with Crippen molar-refractivity contribution >= 4 is 47.1 Å². The first-order valence-electron chi connectivity index (χ1n) is 7.06. The van der Waals surface area contributed by atoms with Gasteiger partial charge >= 0.3 is 0 Å². The van der Waals surface area contributed by atoms with E-state index in [-0.39, 0.29) is 23.6 Å². The van der Waals surface area contributed by atoms with Gasteiger partial charge < -0.3 is 15.0 Å². The summed E-state index contributed by atoms with van der Waals surface area (Å²) in [7, 11) is 1.64. The number of nitrogens with zero attached hydrogens (tertiary/aromatic N) is 1. The lowest BCUT2D eigenvalue weighted by Crippen LogP contribution is -2.43. The van der Waals surface area contributed by atoms with Gasteiger partial charge in [0.25, 0.3) is 11.1 Å². The highest BCUT2D eigenvalue weighted by molar-refractivity contribution is 8.18. The Morgan fingerprint density at radius 2 is 2.00 bits per heavy atom. The number of amides is 2. The zero-order valence-electron chi connectivity index (χ0n) is 12.6. The molecule has 23 heavy (non-hydrogen) atoms. The van der Waals surface area contributed by atoms with E-state index in [0.717, 1.165) is 54.9 Å². The molecule has 3 rings (SSSR count). The monoisotopic (exact) mass is 355 g/mol. The molecule has 0 bridgehead atoms. The summed E-state index contributed by atoms with van der Waals surface area (Å²) < 4.78 is 5.49. The summed E-state index contributed by atoms with van der Waals surface area (Å²) >= 11 is 0.927. The molecule has 1 aromatic rings. The van der Waals surface area contributed by atoms with Crippen molar-refractivity contribution in [3.8, 4) is 5.75 Å². The Bertz CT molecular complexity index is 645. The van der Waals surface area contributed by atoms with Crippen LogP contribution in [0.4, 0.5) is 10.5 Å². The summed E-state index contributed by atoms with van der Waals surface area (Å²) in [5.41, 5.74) is 1.85. The third-order valence-electron chi connectivity index (χ3n) is 3.61. The number of carbonyl (C=O) groups excluding carboxylic acids is 2. The van der Waals surface area contributed by atoms with Gasteiger partial charge in [0.2, 0.25) is 0 Å². The van der Waals surface area contributed by atoms with E-state index < -0.39 is 0 Å². The molecule has 0 spiro atoms. The molecule has 0 radical (unpaired) electrons. The van der Waals surface area contributed by atoms with Gasteiger partial charge in [-0.05, 0) is 23.9 Å². The minimum atomic E-state index is -0.343. The summed E-state index contributed by atoms with van der Waals surface area (Å²) in [4.78, 5) is 25.7. The van der Waals surface area contributed by atoms with Gasteiger partial charge in [-0.2, -0.15) is 0 Å². The second-order valence-electron chi connectivity index (χ2n) is 4.99. The fourth-order valence-corrected chi connectivity index (χ4v) is 3.28. The summed E-state index contributed by atoms with van der Waals surface area (Å²) in [5.74, 6) is 0.426. The van der Waals surface area contributed by atoms with Crippen LogP contribution in [0.3, 0.4) is 0 Å². The molecule has 2 heterocycles. The topological polar surface area (TPSA) is 70.7 Å². The lowest BCUT2D eigenvalue weighted by atomic mass is 10.1. The molecule has 2 aliphatic rings. The zero-order valence-corrected chi connectivity index (χ0v) is 14.3. The van der Waals surface area contributed by atoms with Gasteiger partial charge in [-0.3, -0.25) is 14.9 Å². The summed E-state index contributed by atoms with van der Waals surface area (Å²) in [5, 5.41) is 5.26. The maximum atomic E-state index is 11.8. The smallest absolute Gasteiger partial charge is 0.290 e. The predicted octanol–water partition coefficient (Wildman–Crippen LogP) is 1.85. The SMILES string of the molecule is COc1cccc(C=C2SC(=O)NC2=O)c1N1CCNCC1.Cl. The fourth-order valence-electron chi connectivity index (χ4n) is 2.61. The van der Waals surface area contributed by atoms with Crippen LogP contribution in [-0.2, 0) is 4.79 Å². The van der Waals surface area contributed by atoms with E-state index in [0.29, 0.717) is 4.91 Å². The first-order valence-corrected chi connectivity index (χ1v) is 7.88. The van der Waals surface area contributed by atoms with E-state index in [4.69, 9.17) is 4.74 Å². The van der Waals surface area contributed by atoms with E-state index in [2.05, 4.69) is 15.5 Å². The molecule has 2 amide bonds. The van der Waals surface area contributed by atoms with Gasteiger partial charge in [0.15, 0.2) is 0 Å². The van der Waals surface area contributed by atoms with Crippen molar-refractivity contribution in [1.29, 1.82) is 0 Å². The number of rotatable bonds is 3. The minimum absolute atomic E-state index is 0. The number of hydrogen-bond donors (Lipinski definition) is 2. The quantitative estimate of drug-likeness (QED) is 0.806. The standard InChI is InChI=1S/C15H17N3O3S.ClH/c1-21-11-4-2-3-10(9-12-14(19)17-15(20)22-12)13(11)18-7-5-16-6-8-18;/h2-4,9,16H,5-8H2,1H3,(H,17,19,20);1H. The van der Waals surface area contributed by atoms with Crippen LogP contribution in [0.1, 0.15) is 5.56 Å². The van der Waals surface area contributed by atoms with Crippen LogP contribution in [0.2, 0.25) is 0 Å². The molecule has 8 heteroatoms. The Morgan fingerprint density at radius 3 is 2.61 bits per heavy atom. The Labute approximate surface area is 145 Å². The van der Waals surface area contributed by atoms with Crippen molar-refractivity contribution in [3.05, 3.63) is 28.7 Å². The fraction of sp³-hybridized carbons (Fsp3) is 0.333. The van der Waals surface area contributed by atoms with E-state index >= 15 is 0 Å². The number of hydrogen-bond acceptors (Lipinski definition) is 6. The van der Waals surface area contributed by atoms with Gasteiger partial charge in [0.1, 0.15) is 5.75 Å². The third-order valence-corrected chi connectivity index (χ3v) is 4.42. The van der Waals surface area contributed by atoms with Gasteiger partial charge in [0, 0.05) is 31.7 Å². The van der Waals surface area contributed by atoms with Crippen LogP contribution in [0.25, 0.3) is 6.08 Å². The lowest BCUT2D eigenvalue weighted by molar-refractivity contribution is -0.115. The van der Waals surface area contributed by atoms with Gasteiger partial charge in [-0.1, -0.05) is 12.1 Å². The first kappa shape index (κ1) is 17.7.